The number of carbonyl (C=O) groups excluding carboxylic acids is 1. The van der Waals surface area contributed by atoms with Crippen molar-refractivity contribution in [3.05, 3.63) is 63.5 Å². The molecule has 7 heteroatoms. The number of hydrogen-bond acceptors (Lipinski definition) is 4. The molecule has 24 heavy (non-hydrogen) atoms. The summed E-state index contributed by atoms with van der Waals surface area (Å²) in [6.07, 6.45) is 0.692. The molecule has 1 aromatic heterocycles. The number of pyridine rings is 1. The first-order chi connectivity index (χ1) is 11.5. The van der Waals surface area contributed by atoms with Crippen LogP contribution in [0.25, 0.3) is 0 Å². The Morgan fingerprint density at radius 1 is 1.33 bits per heavy atom. The molecule has 1 aromatic carbocycles. The molecule has 0 saturated carbocycles. The lowest BCUT2D eigenvalue weighted by Gasteiger charge is -2.13. The van der Waals surface area contributed by atoms with E-state index in [1.54, 1.807) is 36.5 Å². The predicted molar refractivity (Wildman–Crippen MR) is 91.7 cm³/mol. The van der Waals surface area contributed by atoms with Crippen LogP contribution >= 0.6 is 11.6 Å². The third-order valence-corrected chi connectivity index (χ3v) is 3.61. The minimum absolute atomic E-state index is 0.0171. The molecule has 0 spiro atoms. The minimum Gasteiger partial charge on any atom is -0.491 e. The molecule has 1 atom stereocenters. The van der Waals surface area contributed by atoms with E-state index in [-0.39, 0.29) is 24.3 Å². The first kappa shape index (κ1) is 18.0. The number of aliphatic hydroxyl groups is 1. The molecule has 0 aliphatic rings. The van der Waals surface area contributed by atoms with Gasteiger partial charge in [-0.1, -0.05) is 11.6 Å². The molecule has 2 N–H and O–H groups in total. The summed E-state index contributed by atoms with van der Waals surface area (Å²) >= 11 is 5.77. The van der Waals surface area contributed by atoms with Gasteiger partial charge in [0.1, 0.15) is 18.5 Å². The molecule has 128 valence electrons. The molecule has 0 bridgehead atoms. The molecule has 0 aliphatic heterocycles. The quantitative estimate of drug-likeness (QED) is 0.796. The van der Waals surface area contributed by atoms with Gasteiger partial charge in [0, 0.05) is 35.9 Å². The van der Waals surface area contributed by atoms with Gasteiger partial charge < -0.3 is 19.7 Å². The second-order valence-electron chi connectivity index (χ2n) is 5.17. The van der Waals surface area contributed by atoms with Crippen LogP contribution in [0.1, 0.15) is 17.3 Å². The van der Waals surface area contributed by atoms with Crippen LogP contribution in [-0.4, -0.2) is 34.8 Å². The monoisotopic (exact) mass is 350 g/mol. The molecular weight excluding hydrogens is 332 g/mol. The summed E-state index contributed by atoms with van der Waals surface area (Å²) < 4.78 is 6.89. The number of hydrogen-bond donors (Lipinski definition) is 2. The summed E-state index contributed by atoms with van der Waals surface area (Å²) in [5.74, 6) is 0.161. The zero-order valence-corrected chi connectivity index (χ0v) is 14.0. The fourth-order valence-corrected chi connectivity index (χ4v) is 2.13. The van der Waals surface area contributed by atoms with E-state index >= 15 is 0 Å². The Labute approximate surface area is 144 Å². The minimum atomic E-state index is -0.874. The van der Waals surface area contributed by atoms with Crippen molar-refractivity contribution in [2.75, 3.05) is 13.2 Å². The lowest BCUT2D eigenvalue weighted by molar-refractivity contribution is 0.0843. The number of aryl methyl sites for hydroxylation is 1. The number of amides is 1. The van der Waals surface area contributed by atoms with E-state index in [0.717, 1.165) is 0 Å². The van der Waals surface area contributed by atoms with Crippen molar-refractivity contribution in [3.8, 4) is 5.75 Å². The normalized spacial score (nSPS) is 11.8. The average Bonchev–Trinajstić information content (AvgIpc) is 2.59. The predicted octanol–water partition coefficient (Wildman–Crippen LogP) is 1.69. The van der Waals surface area contributed by atoms with Gasteiger partial charge in [-0.2, -0.15) is 0 Å². The molecule has 1 amide bonds. The van der Waals surface area contributed by atoms with Gasteiger partial charge in [0.05, 0.1) is 0 Å². The molecule has 0 fully saturated rings. The molecule has 2 rings (SSSR count). The second kappa shape index (κ2) is 8.52. The average molecular weight is 351 g/mol. The Morgan fingerprint density at radius 2 is 2.04 bits per heavy atom. The van der Waals surface area contributed by atoms with Gasteiger partial charge in [0.15, 0.2) is 0 Å². The maximum absolute atomic E-state index is 12.0. The van der Waals surface area contributed by atoms with Crippen molar-refractivity contribution in [1.82, 2.24) is 9.88 Å². The zero-order valence-electron chi connectivity index (χ0n) is 13.2. The fourth-order valence-electron chi connectivity index (χ4n) is 2.01. The molecule has 6 nitrogen and oxygen atoms in total. The summed E-state index contributed by atoms with van der Waals surface area (Å²) in [5.41, 5.74) is 0.0206. The highest BCUT2D eigenvalue weighted by atomic mass is 35.5. The van der Waals surface area contributed by atoms with E-state index in [4.69, 9.17) is 16.3 Å². The Kier molecular flexibility index (Phi) is 6.40. The standard InChI is InChI=1S/C17H19ClN2O4/c1-2-20-8-7-12(9-16(20)22)17(23)19-10-14(21)11-24-15-5-3-13(18)4-6-15/h3-9,14,21H,2,10-11H2,1H3,(H,19,23)/t14-/m0/s1. The van der Waals surface area contributed by atoms with Gasteiger partial charge in [0.2, 0.25) is 0 Å². The van der Waals surface area contributed by atoms with Gasteiger partial charge in [-0.3, -0.25) is 9.59 Å². The van der Waals surface area contributed by atoms with E-state index < -0.39 is 12.0 Å². The third kappa shape index (κ3) is 5.11. The van der Waals surface area contributed by atoms with Crippen LogP contribution in [-0.2, 0) is 6.54 Å². The van der Waals surface area contributed by atoms with E-state index in [1.165, 1.54) is 10.6 Å². The fraction of sp³-hybridized carbons (Fsp3) is 0.294. The second-order valence-corrected chi connectivity index (χ2v) is 5.60. The number of aromatic nitrogens is 1. The summed E-state index contributed by atoms with van der Waals surface area (Å²) in [4.78, 5) is 23.7. The SMILES string of the molecule is CCn1ccc(C(=O)NC[C@H](O)COc2ccc(Cl)cc2)cc1=O. The van der Waals surface area contributed by atoms with Crippen LogP contribution in [0.15, 0.2) is 47.4 Å². The maximum Gasteiger partial charge on any atom is 0.251 e. The van der Waals surface area contributed by atoms with E-state index in [0.29, 0.717) is 17.3 Å². The molecule has 0 aliphatic carbocycles. The largest absolute Gasteiger partial charge is 0.491 e. The van der Waals surface area contributed by atoms with Gasteiger partial charge in [-0.15, -0.1) is 0 Å². The van der Waals surface area contributed by atoms with Crippen molar-refractivity contribution in [3.63, 3.8) is 0 Å². The number of nitrogens with one attached hydrogen (secondary N) is 1. The van der Waals surface area contributed by atoms with Crippen LogP contribution in [0.4, 0.5) is 0 Å². The Hall–Kier alpha value is -2.31. The highest BCUT2D eigenvalue weighted by Crippen LogP contribution is 2.15. The van der Waals surface area contributed by atoms with Crippen molar-refractivity contribution in [2.24, 2.45) is 0 Å². The maximum atomic E-state index is 12.0. The van der Waals surface area contributed by atoms with Crippen molar-refractivity contribution < 1.29 is 14.6 Å². The number of rotatable bonds is 7. The summed E-state index contributed by atoms with van der Waals surface area (Å²) in [6, 6.07) is 9.59. The lowest BCUT2D eigenvalue weighted by Crippen LogP contribution is -2.35. The van der Waals surface area contributed by atoms with Crippen molar-refractivity contribution in [1.29, 1.82) is 0 Å². The number of aliphatic hydroxyl groups excluding tert-OH is 1. The molecule has 2 aromatic rings. The zero-order chi connectivity index (χ0) is 17.5. The van der Waals surface area contributed by atoms with Crippen LogP contribution in [0.5, 0.6) is 5.75 Å². The highest BCUT2D eigenvalue weighted by Gasteiger charge is 2.11. The molecule has 0 unspecified atom stereocenters. The Morgan fingerprint density at radius 3 is 2.67 bits per heavy atom. The lowest BCUT2D eigenvalue weighted by atomic mass is 10.2. The van der Waals surface area contributed by atoms with Gasteiger partial charge in [-0.05, 0) is 37.3 Å². The molecule has 0 saturated heterocycles. The number of benzene rings is 1. The topological polar surface area (TPSA) is 80.6 Å². The van der Waals surface area contributed by atoms with E-state index in [9.17, 15) is 14.7 Å². The number of halogens is 1. The summed E-state index contributed by atoms with van der Waals surface area (Å²) in [7, 11) is 0. The van der Waals surface area contributed by atoms with Crippen LogP contribution in [0, 0.1) is 0 Å². The van der Waals surface area contributed by atoms with Gasteiger partial charge in [-0.25, -0.2) is 0 Å². The van der Waals surface area contributed by atoms with E-state index in [1.807, 2.05) is 6.92 Å². The number of nitrogens with zero attached hydrogens (tertiary/aromatic N) is 1. The van der Waals surface area contributed by atoms with Gasteiger partial charge >= 0.3 is 0 Å². The summed E-state index contributed by atoms with van der Waals surface area (Å²) in [6.45, 7) is 2.43. The number of carbonyl (C=O) groups is 1. The number of ether oxygens (including phenoxy) is 1. The van der Waals surface area contributed by atoms with Crippen molar-refractivity contribution in [2.45, 2.75) is 19.6 Å². The summed E-state index contributed by atoms with van der Waals surface area (Å²) in [5, 5.41) is 13.0. The Bertz CT molecular complexity index is 743. The van der Waals surface area contributed by atoms with Crippen LogP contribution in [0.2, 0.25) is 5.02 Å². The smallest absolute Gasteiger partial charge is 0.251 e. The third-order valence-electron chi connectivity index (χ3n) is 3.35. The van der Waals surface area contributed by atoms with Gasteiger partial charge in [0.25, 0.3) is 11.5 Å². The highest BCUT2D eigenvalue weighted by molar-refractivity contribution is 6.30. The first-order valence-corrected chi connectivity index (χ1v) is 7.92. The van der Waals surface area contributed by atoms with E-state index in [2.05, 4.69) is 5.32 Å². The van der Waals surface area contributed by atoms with Crippen LogP contribution < -0.4 is 15.6 Å². The van der Waals surface area contributed by atoms with Crippen LogP contribution in [0.3, 0.4) is 0 Å². The first-order valence-electron chi connectivity index (χ1n) is 7.54. The molecule has 0 radical (unpaired) electrons. The van der Waals surface area contributed by atoms with Crippen molar-refractivity contribution >= 4 is 17.5 Å². The molecule has 1 heterocycles. The Balaban J connectivity index is 1.81. The molecular formula is C17H19ClN2O4.